The number of rotatable bonds is 8. The lowest BCUT2D eigenvalue weighted by atomic mass is 10.0. The molecule has 0 spiro atoms. The molecule has 1 aliphatic rings. The van der Waals surface area contributed by atoms with Gasteiger partial charge in [0.1, 0.15) is 5.01 Å². The van der Waals surface area contributed by atoms with Gasteiger partial charge in [0.2, 0.25) is 5.91 Å². The molecule has 1 saturated heterocycles. The lowest BCUT2D eigenvalue weighted by Crippen LogP contribution is -2.47. The Morgan fingerprint density at radius 3 is 2.84 bits per heavy atom. The van der Waals surface area contributed by atoms with Crippen LogP contribution in [0.2, 0.25) is 4.34 Å². The van der Waals surface area contributed by atoms with Gasteiger partial charge in [0.15, 0.2) is 0 Å². The first-order chi connectivity index (χ1) is 15.1. The molecule has 1 aromatic carbocycles. The van der Waals surface area contributed by atoms with Crippen molar-refractivity contribution in [3.8, 4) is 9.88 Å². The maximum Gasteiger partial charge on any atom is 0.226 e. The van der Waals surface area contributed by atoms with Crippen LogP contribution in [0.3, 0.4) is 0 Å². The maximum atomic E-state index is 12.4. The molecule has 1 unspecified atom stereocenters. The zero-order valence-corrected chi connectivity index (χ0v) is 20.0. The van der Waals surface area contributed by atoms with Crippen LogP contribution >= 0.6 is 34.3 Å². The Morgan fingerprint density at radius 2 is 2.06 bits per heavy atom. The molecule has 1 amide bonds. The van der Waals surface area contributed by atoms with Crippen molar-refractivity contribution < 1.29 is 4.79 Å². The normalized spacial score (nSPS) is 17.7. The second kappa shape index (κ2) is 10.7. The molecule has 0 aliphatic carbocycles. The van der Waals surface area contributed by atoms with Crippen molar-refractivity contribution >= 4 is 40.2 Å². The summed E-state index contributed by atoms with van der Waals surface area (Å²) < 4.78 is 0.749. The van der Waals surface area contributed by atoms with E-state index in [0.717, 1.165) is 52.5 Å². The van der Waals surface area contributed by atoms with Crippen molar-refractivity contribution in [2.45, 2.75) is 18.9 Å². The quantitative estimate of drug-likeness (QED) is 0.486. The van der Waals surface area contributed by atoms with Crippen LogP contribution in [0.5, 0.6) is 0 Å². The minimum absolute atomic E-state index is 0.0269. The SMILES string of the molecule is CN1CCN(CCCNC(=O)Cc2csc(-c3ccc(Cl)s3)n2)C(c2ccccc2)C1. The zero-order valence-electron chi connectivity index (χ0n) is 17.6. The van der Waals surface area contributed by atoms with Crippen LogP contribution in [0, 0.1) is 0 Å². The minimum Gasteiger partial charge on any atom is -0.356 e. The number of amides is 1. The highest BCUT2D eigenvalue weighted by Crippen LogP contribution is 2.33. The minimum atomic E-state index is 0.0269. The highest BCUT2D eigenvalue weighted by atomic mass is 35.5. The third-order valence-electron chi connectivity index (χ3n) is 5.50. The average Bonchev–Trinajstić information content (AvgIpc) is 3.41. The molecule has 1 aliphatic heterocycles. The van der Waals surface area contributed by atoms with Gasteiger partial charge in [0.05, 0.1) is 21.3 Å². The summed E-state index contributed by atoms with van der Waals surface area (Å²) in [4.78, 5) is 22.9. The largest absolute Gasteiger partial charge is 0.356 e. The molecule has 2 aromatic heterocycles. The number of hydrogen-bond acceptors (Lipinski definition) is 6. The van der Waals surface area contributed by atoms with E-state index >= 15 is 0 Å². The number of piperazine rings is 1. The number of hydrogen-bond donors (Lipinski definition) is 1. The molecule has 0 radical (unpaired) electrons. The molecule has 1 atom stereocenters. The summed E-state index contributed by atoms with van der Waals surface area (Å²) in [5, 5.41) is 5.93. The molecule has 1 N–H and O–H groups in total. The molecule has 8 heteroatoms. The average molecular weight is 475 g/mol. The van der Waals surface area contributed by atoms with Gasteiger partial charge < -0.3 is 10.2 Å². The highest BCUT2D eigenvalue weighted by molar-refractivity contribution is 7.23. The van der Waals surface area contributed by atoms with Crippen molar-refractivity contribution in [3.63, 3.8) is 0 Å². The lowest BCUT2D eigenvalue weighted by molar-refractivity contribution is -0.120. The Labute approximate surface area is 196 Å². The van der Waals surface area contributed by atoms with Gasteiger partial charge in [-0.2, -0.15) is 0 Å². The highest BCUT2D eigenvalue weighted by Gasteiger charge is 2.25. The van der Waals surface area contributed by atoms with Crippen molar-refractivity contribution in [1.29, 1.82) is 0 Å². The molecule has 5 nitrogen and oxygen atoms in total. The molecule has 31 heavy (non-hydrogen) atoms. The molecule has 0 saturated carbocycles. The Hall–Kier alpha value is -1.77. The number of carbonyl (C=O) groups excluding carboxylic acids is 1. The fourth-order valence-corrected chi connectivity index (χ4v) is 5.82. The van der Waals surface area contributed by atoms with Crippen LogP contribution in [0.15, 0.2) is 47.8 Å². The van der Waals surface area contributed by atoms with Gasteiger partial charge in [0.25, 0.3) is 0 Å². The Kier molecular flexibility index (Phi) is 7.74. The monoisotopic (exact) mass is 474 g/mol. The number of thiophene rings is 1. The predicted octanol–water partition coefficient (Wildman–Crippen LogP) is 4.56. The second-order valence-corrected chi connectivity index (χ2v) is 10.4. The molecular weight excluding hydrogens is 448 g/mol. The van der Waals surface area contributed by atoms with Gasteiger partial charge >= 0.3 is 0 Å². The first-order valence-electron chi connectivity index (χ1n) is 10.5. The van der Waals surface area contributed by atoms with E-state index < -0.39 is 0 Å². The van der Waals surface area contributed by atoms with Crippen molar-refractivity contribution in [3.05, 3.63) is 63.4 Å². The molecule has 3 aromatic rings. The van der Waals surface area contributed by atoms with E-state index in [1.807, 2.05) is 17.5 Å². The third-order valence-corrected chi connectivity index (χ3v) is 7.79. The van der Waals surface area contributed by atoms with E-state index in [1.54, 1.807) is 11.3 Å². The maximum absolute atomic E-state index is 12.4. The number of nitrogens with zero attached hydrogens (tertiary/aromatic N) is 3. The van der Waals surface area contributed by atoms with Crippen LogP contribution in [-0.2, 0) is 11.2 Å². The van der Waals surface area contributed by atoms with E-state index in [2.05, 4.69) is 57.5 Å². The fourth-order valence-electron chi connectivity index (χ4n) is 3.88. The van der Waals surface area contributed by atoms with E-state index in [4.69, 9.17) is 11.6 Å². The first kappa shape index (κ1) is 22.4. The number of nitrogens with one attached hydrogen (secondary N) is 1. The molecule has 4 rings (SSSR count). The summed E-state index contributed by atoms with van der Waals surface area (Å²) in [6, 6.07) is 15.0. The van der Waals surface area contributed by atoms with Crippen LogP contribution < -0.4 is 5.32 Å². The molecular formula is C23H27ClN4OS2. The van der Waals surface area contributed by atoms with Gasteiger partial charge in [-0.1, -0.05) is 41.9 Å². The summed E-state index contributed by atoms with van der Waals surface area (Å²) in [5.41, 5.74) is 2.18. The molecule has 1 fully saturated rings. The number of halogens is 1. The van der Waals surface area contributed by atoms with Gasteiger partial charge in [-0.3, -0.25) is 9.69 Å². The Bertz CT molecular complexity index is 990. The first-order valence-corrected chi connectivity index (χ1v) is 12.6. The van der Waals surface area contributed by atoms with Gasteiger partial charge in [-0.15, -0.1) is 22.7 Å². The van der Waals surface area contributed by atoms with Gasteiger partial charge in [-0.05, 0) is 31.2 Å². The van der Waals surface area contributed by atoms with Gasteiger partial charge in [-0.25, -0.2) is 4.98 Å². The van der Waals surface area contributed by atoms with Crippen LogP contribution in [0.1, 0.15) is 23.7 Å². The van der Waals surface area contributed by atoms with Crippen LogP contribution in [0.25, 0.3) is 9.88 Å². The van der Waals surface area contributed by atoms with Crippen molar-refractivity contribution in [1.82, 2.24) is 20.1 Å². The number of aromatic nitrogens is 1. The number of carbonyl (C=O) groups is 1. The van der Waals surface area contributed by atoms with Crippen molar-refractivity contribution in [2.24, 2.45) is 0 Å². The third kappa shape index (κ3) is 6.14. The second-order valence-electron chi connectivity index (χ2n) is 7.85. The lowest BCUT2D eigenvalue weighted by Gasteiger charge is -2.40. The topological polar surface area (TPSA) is 48.5 Å². The van der Waals surface area contributed by atoms with E-state index in [1.165, 1.54) is 16.9 Å². The number of benzene rings is 1. The standard InChI is InChI=1S/C23H27ClN4OS2/c1-27-12-13-28(19(15-27)17-6-3-2-4-7-17)11-5-10-25-22(29)14-18-16-30-23(26-18)20-8-9-21(24)31-20/h2-4,6-9,16,19H,5,10-15H2,1H3,(H,25,29). The molecule has 0 bridgehead atoms. The fraction of sp³-hybridized carbons (Fsp3) is 0.391. The summed E-state index contributed by atoms with van der Waals surface area (Å²) in [7, 11) is 2.18. The van der Waals surface area contributed by atoms with Crippen LogP contribution in [-0.4, -0.2) is 60.5 Å². The Balaban J connectivity index is 1.23. The Morgan fingerprint density at radius 1 is 1.23 bits per heavy atom. The predicted molar refractivity (Wildman–Crippen MR) is 130 cm³/mol. The smallest absolute Gasteiger partial charge is 0.226 e. The van der Waals surface area contributed by atoms with Crippen LogP contribution in [0.4, 0.5) is 0 Å². The summed E-state index contributed by atoms with van der Waals surface area (Å²) in [6.45, 7) is 4.84. The zero-order chi connectivity index (χ0) is 21.6. The number of likely N-dealkylation sites (N-methyl/N-ethyl adjacent to an activating group) is 1. The molecule has 3 heterocycles. The number of thiazole rings is 1. The van der Waals surface area contributed by atoms with E-state index in [0.29, 0.717) is 19.0 Å². The molecule has 164 valence electrons. The summed E-state index contributed by atoms with van der Waals surface area (Å²) in [6.07, 6.45) is 1.26. The van der Waals surface area contributed by atoms with E-state index in [9.17, 15) is 4.79 Å². The summed E-state index contributed by atoms with van der Waals surface area (Å²) >= 11 is 9.07. The van der Waals surface area contributed by atoms with Crippen molar-refractivity contribution in [2.75, 3.05) is 39.8 Å². The van der Waals surface area contributed by atoms with E-state index in [-0.39, 0.29) is 5.91 Å². The van der Waals surface area contributed by atoms with Gasteiger partial charge in [0, 0.05) is 44.1 Å². The summed E-state index contributed by atoms with van der Waals surface area (Å²) in [5.74, 6) is 0.0269.